The lowest BCUT2D eigenvalue weighted by Gasteiger charge is -2.04. The molecule has 0 aliphatic rings. The van der Waals surface area contributed by atoms with Crippen LogP contribution < -0.4 is 0 Å². The topological polar surface area (TPSA) is 30.0 Å². The molecule has 0 N–H and O–H groups in total. The molecule has 0 bridgehead atoms. The van der Waals surface area contributed by atoms with Gasteiger partial charge in [0, 0.05) is 17.0 Å². The Kier molecular flexibility index (Phi) is 4.42. The van der Waals surface area contributed by atoms with Crippen molar-refractivity contribution in [3.8, 4) is 0 Å². The van der Waals surface area contributed by atoms with Crippen molar-refractivity contribution in [1.29, 1.82) is 0 Å². The summed E-state index contributed by atoms with van der Waals surface area (Å²) in [6.45, 7) is 0. The van der Waals surface area contributed by atoms with Crippen LogP contribution in [0.5, 0.6) is 0 Å². The van der Waals surface area contributed by atoms with E-state index in [1.165, 1.54) is 0 Å². The number of Topliss-reactive ketones (excluding diaryl/α,β-unsaturated/α-hetero) is 1. The molecule has 2 nitrogen and oxygen atoms in total. The molecule has 6 heteroatoms. The predicted octanol–water partition coefficient (Wildman–Crippen LogP) is 4.31. The van der Waals surface area contributed by atoms with Crippen LogP contribution in [0, 0.1) is 11.6 Å². The number of carbonyl (C=O) groups excluding carboxylic acids is 1. The molecule has 0 spiro atoms. The van der Waals surface area contributed by atoms with Crippen molar-refractivity contribution in [2.24, 2.45) is 0 Å². The SMILES string of the molecule is O=C(Cc1cc(F)cc(F)c1)c1nc(Br)ccc1Br. The molecule has 1 aromatic heterocycles. The van der Waals surface area contributed by atoms with Gasteiger partial charge in [-0.25, -0.2) is 13.8 Å². The summed E-state index contributed by atoms with van der Waals surface area (Å²) in [5.74, 6) is -1.73. The van der Waals surface area contributed by atoms with Crippen LogP contribution in [0.15, 0.2) is 39.4 Å². The zero-order valence-electron chi connectivity index (χ0n) is 9.46. The highest BCUT2D eigenvalue weighted by Gasteiger charge is 2.14. The molecule has 0 radical (unpaired) electrons. The highest BCUT2D eigenvalue weighted by Crippen LogP contribution is 2.20. The van der Waals surface area contributed by atoms with E-state index in [1.54, 1.807) is 12.1 Å². The van der Waals surface area contributed by atoms with Crippen LogP contribution in [0.1, 0.15) is 16.1 Å². The fraction of sp³-hybridized carbons (Fsp3) is 0.0769. The van der Waals surface area contributed by atoms with Crippen molar-refractivity contribution in [1.82, 2.24) is 4.98 Å². The maximum Gasteiger partial charge on any atom is 0.186 e. The molecule has 0 amide bonds. The van der Waals surface area contributed by atoms with Gasteiger partial charge < -0.3 is 0 Å². The van der Waals surface area contributed by atoms with Gasteiger partial charge in [0.15, 0.2) is 5.78 Å². The van der Waals surface area contributed by atoms with Gasteiger partial charge in [-0.2, -0.15) is 0 Å². The Labute approximate surface area is 125 Å². The summed E-state index contributed by atoms with van der Waals surface area (Å²) >= 11 is 6.39. The van der Waals surface area contributed by atoms with Gasteiger partial charge in [0.25, 0.3) is 0 Å². The lowest BCUT2D eigenvalue weighted by Crippen LogP contribution is -2.07. The lowest BCUT2D eigenvalue weighted by atomic mass is 10.1. The summed E-state index contributed by atoms with van der Waals surface area (Å²) in [6, 6.07) is 6.39. The number of carbonyl (C=O) groups is 1. The summed E-state index contributed by atoms with van der Waals surface area (Å²) < 4.78 is 27.1. The van der Waals surface area contributed by atoms with Gasteiger partial charge in [-0.15, -0.1) is 0 Å². The largest absolute Gasteiger partial charge is 0.292 e. The first kappa shape index (κ1) is 14.3. The maximum atomic E-state index is 13.0. The predicted molar refractivity (Wildman–Crippen MR) is 74.0 cm³/mol. The smallest absolute Gasteiger partial charge is 0.186 e. The lowest BCUT2D eigenvalue weighted by molar-refractivity contribution is 0.0987. The van der Waals surface area contributed by atoms with Crippen molar-refractivity contribution in [3.63, 3.8) is 0 Å². The van der Waals surface area contributed by atoms with E-state index < -0.39 is 11.6 Å². The number of hydrogen-bond acceptors (Lipinski definition) is 2. The Morgan fingerprint density at radius 1 is 1.11 bits per heavy atom. The number of hydrogen-bond donors (Lipinski definition) is 0. The number of benzene rings is 1. The molecule has 0 unspecified atom stereocenters. The van der Waals surface area contributed by atoms with E-state index in [-0.39, 0.29) is 23.5 Å². The Hall–Kier alpha value is -1.14. The van der Waals surface area contributed by atoms with Crippen LogP contribution in [-0.4, -0.2) is 10.8 Å². The van der Waals surface area contributed by atoms with Gasteiger partial charge >= 0.3 is 0 Å². The molecule has 0 atom stereocenters. The zero-order valence-corrected chi connectivity index (χ0v) is 12.6. The van der Waals surface area contributed by atoms with E-state index in [0.29, 0.717) is 9.08 Å². The van der Waals surface area contributed by atoms with Crippen LogP contribution in [0.25, 0.3) is 0 Å². The highest BCUT2D eigenvalue weighted by molar-refractivity contribution is 9.11. The first-order valence-electron chi connectivity index (χ1n) is 5.26. The van der Waals surface area contributed by atoms with Gasteiger partial charge in [-0.3, -0.25) is 4.79 Å². The van der Waals surface area contributed by atoms with Crippen LogP contribution >= 0.6 is 31.9 Å². The van der Waals surface area contributed by atoms with Gasteiger partial charge in [-0.05, 0) is 61.7 Å². The second kappa shape index (κ2) is 5.88. The van der Waals surface area contributed by atoms with Crippen molar-refractivity contribution in [2.75, 3.05) is 0 Å². The third kappa shape index (κ3) is 3.67. The van der Waals surface area contributed by atoms with Crippen LogP contribution in [0.4, 0.5) is 8.78 Å². The average Bonchev–Trinajstić information content (AvgIpc) is 2.30. The van der Waals surface area contributed by atoms with Gasteiger partial charge in [0.1, 0.15) is 21.9 Å². The van der Waals surface area contributed by atoms with E-state index in [9.17, 15) is 13.6 Å². The summed E-state index contributed by atoms with van der Waals surface area (Å²) in [7, 11) is 0. The van der Waals surface area contributed by atoms with E-state index in [0.717, 1.165) is 18.2 Å². The van der Waals surface area contributed by atoms with Crippen molar-refractivity contribution in [3.05, 3.63) is 62.3 Å². The Balaban J connectivity index is 2.28. The molecule has 2 rings (SSSR count). The maximum absolute atomic E-state index is 13.0. The molecule has 19 heavy (non-hydrogen) atoms. The summed E-state index contributed by atoms with van der Waals surface area (Å²) in [4.78, 5) is 16.1. The molecule has 0 saturated carbocycles. The molecule has 0 fully saturated rings. The van der Waals surface area contributed by atoms with Crippen LogP contribution in [-0.2, 0) is 6.42 Å². The first-order chi connectivity index (χ1) is 8.95. The first-order valence-corrected chi connectivity index (χ1v) is 6.84. The van der Waals surface area contributed by atoms with Gasteiger partial charge in [0.05, 0.1) is 0 Å². The number of ketones is 1. The van der Waals surface area contributed by atoms with Gasteiger partial charge in [-0.1, -0.05) is 0 Å². The number of nitrogens with zero attached hydrogens (tertiary/aromatic N) is 1. The number of pyridine rings is 1. The molecule has 0 saturated heterocycles. The number of halogens is 4. The number of aromatic nitrogens is 1. The van der Waals surface area contributed by atoms with Crippen molar-refractivity contribution in [2.45, 2.75) is 6.42 Å². The Morgan fingerprint density at radius 2 is 1.74 bits per heavy atom. The molecule has 1 aromatic carbocycles. The molecular weight excluding hydrogens is 384 g/mol. The van der Waals surface area contributed by atoms with Crippen molar-refractivity contribution >= 4 is 37.6 Å². The van der Waals surface area contributed by atoms with Gasteiger partial charge in [0.2, 0.25) is 0 Å². The molecule has 0 aliphatic carbocycles. The monoisotopic (exact) mass is 389 g/mol. The summed E-state index contributed by atoms with van der Waals surface area (Å²) in [5.41, 5.74) is 0.496. The van der Waals surface area contributed by atoms with E-state index in [1.807, 2.05) is 0 Å². The van der Waals surface area contributed by atoms with Crippen LogP contribution in [0.2, 0.25) is 0 Å². The molecule has 0 aliphatic heterocycles. The third-order valence-corrected chi connectivity index (χ3v) is 3.44. The van der Waals surface area contributed by atoms with Crippen LogP contribution in [0.3, 0.4) is 0 Å². The summed E-state index contributed by atoms with van der Waals surface area (Å²) in [5, 5.41) is 0. The van der Waals surface area contributed by atoms with E-state index in [4.69, 9.17) is 0 Å². The summed E-state index contributed by atoms with van der Waals surface area (Å²) in [6.07, 6.45) is -0.114. The average molecular weight is 391 g/mol. The van der Waals surface area contributed by atoms with E-state index >= 15 is 0 Å². The molecule has 2 aromatic rings. The minimum atomic E-state index is -0.705. The third-order valence-electron chi connectivity index (χ3n) is 2.36. The normalized spacial score (nSPS) is 10.5. The standard InChI is InChI=1S/C13H7Br2F2NO/c14-10-1-2-12(15)18-13(10)11(19)5-7-3-8(16)6-9(17)4-7/h1-4,6H,5H2. The Bertz CT molecular complexity index is 626. The highest BCUT2D eigenvalue weighted by atomic mass is 79.9. The van der Waals surface area contributed by atoms with E-state index in [2.05, 4.69) is 36.8 Å². The minimum absolute atomic E-state index is 0.114. The second-order valence-corrected chi connectivity index (χ2v) is 5.51. The molecule has 98 valence electrons. The molecule has 1 heterocycles. The fourth-order valence-electron chi connectivity index (χ4n) is 1.60. The van der Waals surface area contributed by atoms with Crippen molar-refractivity contribution < 1.29 is 13.6 Å². The molecular formula is C13H7Br2F2NO. The second-order valence-electron chi connectivity index (χ2n) is 3.84. The Morgan fingerprint density at radius 3 is 2.37 bits per heavy atom. The zero-order chi connectivity index (χ0) is 14.0. The fourth-order valence-corrected chi connectivity index (χ4v) is 2.35. The minimum Gasteiger partial charge on any atom is -0.292 e. The quantitative estimate of drug-likeness (QED) is 0.577. The number of rotatable bonds is 3.